The minimum atomic E-state index is -1.11. The number of carbonyl (C=O) groups excluding carboxylic acids is 1. The first-order valence-electron chi connectivity index (χ1n) is 9.61. The third-order valence-electron chi connectivity index (χ3n) is 6.33. The van der Waals surface area contributed by atoms with Crippen molar-refractivity contribution in [2.24, 2.45) is 17.8 Å². The fourth-order valence-electron chi connectivity index (χ4n) is 4.67. The van der Waals surface area contributed by atoms with E-state index < -0.39 is 11.9 Å². The first-order valence-corrected chi connectivity index (χ1v) is 9.61. The van der Waals surface area contributed by atoms with Crippen LogP contribution in [0.4, 0.5) is 0 Å². The van der Waals surface area contributed by atoms with Gasteiger partial charge in [-0.2, -0.15) is 0 Å². The van der Waals surface area contributed by atoms with Crippen LogP contribution in [0, 0.1) is 17.8 Å². The highest BCUT2D eigenvalue weighted by atomic mass is 16.6. The van der Waals surface area contributed by atoms with Crippen LogP contribution < -0.4 is 0 Å². The molecule has 0 spiro atoms. The molecule has 24 heavy (non-hydrogen) atoms. The lowest BCUT2D eigenvalue weighted by Crippen LogP contribution is -2.45. The highest BCUT2D eigenvalue weighted by molar-refractivity contribution is 5.90. The van der Waals surface area contributed by atoms with Gasteiger partial charge >= 0.3 is 11.9 Å². The minimum Gasteiger partial charge on any atom is -0.478 e. The van der Waals surface area contributed by atoms with E-state index in [0.29, 0.717) is 5.92 Å². The van der Waals surface area contributed by atoms with E-state index in [1.807, 2.05) is 0 Å². The molecule has 1 N–H and O–H groups in total. The maximum atomic E-state index is 12.1. The van der Waals surface area contributed by atoms with Crippen molar-refractivity contribution < 1.29 is 19.4 Å². The van der Waals surface area contributed by atoms with Crippen LogP contribution in [0.25, 0.3) is 0 Å². The first kappa shape index (κ1) is 19.0. The predicted molar refractivity (Wildman–Crippen MR) is 93.6 cm³/mol. The van der Waals surface area contributed by atoms with E-state index in [0.717, 1.165) is 62.5 Å². The molecule has 0 aromatic carbocycles. The molecule has 2 fully saturated rings. The molecule has 0 bridgehead atoms. The summed E-state index contributed by atoms with van der Waals surface area (Å²) in [5, 5.41) is 8.69. The van der Waals surface area contributed by atoms with Crippen LogP contribution in [-0.2, 0) is 14.3 Å². The Morgan fingerprint density at radius 3 is 2.29 bits per heavy atom. The van der Waals surface area contributed by atoms with Crippen molar-refractivity contribution in [1.29, 1.82) is 0 Å². The average Bonchev–Trinajstić information content (AvgIpc) is 2.60. The molecule has 0 aromatic rings. The Hall–Kier alpha value is -1.32. The van der Waals surface area contributed by atoms with Crippen molar-refractivity contribution in [3.8, 4) is 0 Å². The van der Waals surface area contributed by atoms with Crippen LogP contribution in [0.2, 0.25) is 0 Å². The largest absolute Gasteiger partial charge is 0.478 e. The Balaban J connectivity index is 2.03. The van der Waals surface area contributed by atoms with Gasteiger partial charge in [0.1, 0.15) is 5.60 Å². The molecule has 0 radical (unpaired) electrons. The van der Waals surface area contributed by atoms with Gasteiger partial charge in [-0.3, -0.25) is 0 Å². The maximum Gasteiger partial charge on any atom is 0.331 e. The van der Waals surface area contributed by atoms with Gasteiger partial charge in [0.2, 0.25) is 0 Å². The van der Waals surface area contributed by atoms with Gasteiger partial charge in [-0.15, -0.1) is 0 Å². The van der Waals surface area contributed by atoms with Crippen LogP contribution in [0.3, 0.4) is 0 Å². The number of esters is 1. The van der Waals surface area contributed by atoms with E-state index in [1.54, 1.807) is 0 Å². The maximum absolute atomic E-state index is 12.1. The standard InChI is InChI=1S/C20H32O4/c1-3-15(2)16-7-9-17(10-8-16)20(13-5-4-6-14-20)24-19(23)12-11-18(21)22/h11-12,15-17H,3-10,13-14H2,1-2H3,(H,21,22)/b12-11+. The molecule has 0 aromatic heterocycles. The fraction of sp³-hybridized carbons (Fsp3) is 0.800. The normalized spacial score (nSPS) is 28.4. The van der Waals surface area contributed by atoms with Gasteiger partial charge in [-0.25, -0.2) is 9.59 Å². The SMILES string of the molecule is CCC(C)C1CCC(C2(OC(=O)/C=C/C(=O)O)CCCCC2)CC1. The van der Waals surface area contributed by atoms with Crippen molar-refractivity contribution in [3.05, 3.63) is 12.2 Å². The Labute approximate surface area is 145 Å². The second kappa shape index (κ2) is 8.68. The molecule has 2 saturated carbocycles. The quantitative estimate of drug-likeness (QED) is 0.563. The van der Waals surface area contributed by atoms with E-state index in [4.69, 9.17) is 9.84 Å². The summed E-state index contributed by atoms with van der Waals surface area (Å²) in [4.78, 5) is 22.7. The topological polar surface area (TPSA) is 63.6 Å². The summed E-state index contributed by atoms with van der Waals surface area (Å²) in [6.45, 7) is 4.61. The van der Waals surface area contributed by atoms with Gasteiger partial charge in [0.05, 0.1) is 0 Å². The summed E-state index contributed by atoms with van der Waals surface area (Å²) in [5.41, 5.74) is -0.363. The molecule has 0 heterocycles. The molecule has 4 heteroatoms. The van der Waals surface area contributed by atoms with Crippen LogP contribution in [0.15, 0.2) is 12.2 Å². The molecule has 0 saturated heterocycles. The van der Waals surface area contributed by atoms with Crippen molar-refractivity contribution in [1.82, 2.24) is 0 Å². The molecule has 4 nitrogen and oxygen atoms in total. The molecule has 2 aliphatic rings. The molecular formula is C20H32O4. The average molecular weight is 336 g/mol. The zero-order chi connectivity index (χ0) is 17.6. The molecule has 0 amide bonds. The fourth-order valence-corrected chi connectivity index (χ4v) is 4.67. The van der Waals surface area contributed by atoms with Crippen LogP contribution in [0.1, 0.15) is 78.1 Å². The van der Waals surface area contributed by atoms with Gasteiger partial charge in [0.25, 0.3) is 0 Å². The van der Waals surface area contributed by atoms with E-state index in [-0.39, 0.29) is 5.60 Å². The van der Waals surface area contributed by atoms with Gasteiger partial charge in [-0.05, 0) is 69.1 Å². The second-order valence-corrected chi connectivity index (χ2v) is 7.72. The Kier molecular flexibility index (Phi) is 6.88. The molecule has 0 aliphatic heterocycles. The van der Waals surface area contributed by atoms with Gasteiger partial charge in [0.15, 0.2) is 0 Å². The summed E-state index contributed by atoms with van der Waals surface area (Å²) in [5.74, 6) is 0.395. The third-order valence-corrected chi connectivity index (χ3v) is 6.33. The first-order chi connectivity index (χ1) is 11.5. The van der Waals surface area contributed by atoms with Crippen molar-refractivity contribution in [2.45, 2.75) is 83.7 Å². The molecular weight excluding hydrogens is 304 g/mol. The lowest BCUT2D eigenvalue weighted by Gasteiger charge is -2.46. The van der Waals surface area contributed by atoms with Gasteiger partial charge < -0.3 is 9.84 Å². The molecule has 1 unspecified atom stereocenters. The highest BCUT2D eigenvalue weighted by Gasteiger charge is 2.44. The number of carbonyl (C=O) groups is 2. The lowest BCUT2D eigenvalue weighted by molar-refractivity contribution is -0.168. The number of ether oxygens (including phenoxy) is 1. The van der Waals surface area contributed by atoms with Crippen LogP contribution in [0.5, 0.6) is 0 Å². The number of carboxylic acids is 1. The van der Waals surface area contributed by atoms with Crippen molar-refractivity contribution in [3.63, 3.8) is 0 Å². The third kappa shape index (κ3) is 4.84. The zero-order valence-electron chi connectivity index (χ0n) is 15.1. The van der Waals surface area contributed by atoms with E-state index in [2.05, 4.69) is 13.8 Å². The zero-order valence-corrected chi connectivity index (χ0v) is 15.1. The number of hydrogen-bond donors (Lipinski definition) is 1. The summed E-state index contributed by atoms with van der Waals surface area (Å²) in [6, 6.07) is 0. The van der Waals surface area contributed by atoms with Gasteiger partial charge in [-0.1, -0.05) is 26.7 Å². The summed E-state index contributed by atoms with van der Waals surface area (Å²) >= 11 is 0. The number of rotatable bonds is 6. The van der Waals surface area contributed by atoms with E-state index in [1.165, 1.54) is 25.7 Å². The Morgan fingerprint density at radius 1 is 1.12 bits per heavy atom. The minimum absolute atomic E-state index is 0.363. The highest BCUT2D eigenvalue weighted by Crippen LogP contribution is 2.46. The van der Waals surface area contributed by atoms with Gasteiger partial charge in [0, 0.05) is 12.2 Å². The smallest absolute Gasteiger partial charge is 0.331 e. The monoisotopic (exact) mass is 336 g/mol. The predicted octanol–water partition coefficient (Wildman–Crippen LogP) is 4.73. The molecule has 2 aliphatic carbocycles. The number of aliphatic carboxylic acids is 1. The molecule has 2 rings (SSSR count). The number of carboxylic acid groups (broad SMARTS) is 1. The summed E-state index contributed by atoms with van der Waals surface area (Å²) < 4.78 is 5.90. The van der Waals surface area contributed by atoms with E-state index in [9.17, 15) is 9.59 Å². The van der Waals surface area contributed by atoms with Crippen LogP contribution in [-0.4, -0.2) is 22.6 Å². The summed E-state index contributed by atoms with van der Waals surface area (Å²) in [6.07, 6.45) is 13.1. The molecule has 136 valence electrons. The Morgan fingerprint density at radius 2 is 1.75 bits per heavy atom. The summed E-state index contributed by atoms with van der Waals surface area (Å²) in [7, 11) is 0. The van der Waals surface area contributed by atoms with E-state index >= 15 is 0 Å². The Bertz CT molecular complexity index is 454. The number of hydrogen-bond acceptors (Lipinski definition) is 3. The van der Waals surface area contributed by atoms with Crippen molar-refractivity contribution >= 4 is 11.9 Å². The van der Waals surface area contributed by atoms with Crippen molar-refractivity contribution in [2.75, 3.05) is 0 Å². The van der Waals surface area contributed by atoms with Crippen LogP contribution >= 0.6 is 0 Å². The molecule has 1 atom stereocenters. The lowest BCUT2D eigenvalue weighted by atomic mass is 9.66. The second-order valence-electron chi connectivity index (χ2n) is 7.72.